The number of likely N-dealkylation sites (N-methyl/N-ethyl adjacent to an activating group) is 1. The van der Waals surface area contributed by atoms with Crippen LogP contribution >= 0.6 is 0 Å². The highest BCUT2D eigenvalue weighted by Gasteiger charge is 2.23. The van der Waals surface area contributed by atoms with Gasteiger partial charge in [-0.15, -0.1) is 0 Å². The Balaban J connectivity index is 2.08. The van der Waals surface area contributed by atoms with Crippen LogP contribution in [0.25, 0.3) is 10.9 Å². The molecule has 1 aliphatic heterocycles. The number of hydrogen-bond acceptors (Lipinski definition) is 3. The zero-order valence-electron chi connectivity index (χ0n) is 11.4. The predicted molar refractivity (Wildman–Crippen MR) is 75.8 cm³/mol. The van der Waals surface area contributed by atoms with Gasteiger partial charge in [0, 0.05) is 12.4 Å². The van der Waals surface area contributed by atoms with Crippen LogP contribution in [0.2, 0.25) is 0 Å². The number of aromatic nitrogens is 2. The highest BCUT2D eigenvalue weighted by molar-refractivity contribution is 5.82. The van der Waals surface area contributed by atoms with Gasteiger partial charge in [-0.05, 0) is 32.0 Å². The first-order valence-corrected chi connectivity index (χ1v) is 6.73. The molecule has 19 heavy (non-hydrogen) atoms. The van der Waals surface area contributed by atoms with Crippen molar-refractivity contribution < 1.29 is 4.74 Å². The molecule has 3 rings (SSSR count). The molecule has 0 saturated heterocycles. The largest absolute Gasteiger partial charge is 0.496 e. The van der Waals surface area contributed by atoms with Crippen LogP contribution < -0.4 is 5.32 Å². The SMILES string of the molecule is CNC(C1=CCCCO1)c1nn(C)c2ccccc12. The number of ether oxygens (including phenoxy) is 1. The number of rotatable bonds is 3. The van der Waals surface area contributed by atoms with Gasteiger partial charge < -0.3 is 10.1 Å². The Kier molecular flexibility index (Phi) is 3.25. The summed E-state index contributed by atoms with van der Waals surface area (Å²) >= 11 is 0. The second-order valence-electron chi connectivity index (χ2n) is 4.84. The first kappa shape index (κ1) is 12.2. The van der Waals surface area contributed by atoms with Crippen LogP contribution in [0.1, 0.15) is 24.6 Å². The maximum Gasteiger partial charge on any atom is 0.115 e. The van der Waals surface area contributed by atoms with E-state index < -0.39 is 0 Å². The topological polar surface area (TPSA) is 39.1 Å². The molecule has 4 heteroatoms. The number of aryl methyl sites for hydroxylation is 1. The molecule has 1 aromatic heterocycles. The second-order valence-corrected chi connectivity index (χ2v) is 4.84. The van der Waals surface area contributed by atoms with Gasteiger partial charge in [-0.2, -0.15) is 5.10 Å². The minimum atomic E-state index is 0.0337. The molecule has 1 aromatic carbocycles. The van der Waals surface area contributed by atoms with Crippen LogP contribution in [0.15, 0.2) is 36.1 Å². The van der Waals surface area contributed by atoms with Crippen molar-refractivity contribution in [1.82, 2.24) is 15.1 Å². The molecule has 1 atom stereocenters. The van der Waals surface area contributed by atoms with E-state index in [1.807, 2.05) is 24.8 Å². The summed E-state index contributed by atoms with van der Waals surface area (Å²) in [5.74, 6) is 0.998. The number of hydrogen-bond donors (Lipinski definition) is 1. The van der Waals surface area contributed by atoms with Gasteiger partial charge in [0.1, 0.15) is 11.8 Å². The summed E-state index contributed by atoms with van der Waals surface area (Å²) in [6.07, 6.45) is 4.36. The van der Waals surface area contributed by atoms with E-state index in [0.717, 1.165) is 36.4 Å². The summed E-state index contributed by atoms with van der Waals surface area (Å²) in [5.41, 5.74) is 2.18. The van der Waals surface area contributed by atoms with Crippen molar-refractivity contribution in [3.05, 3.63) is 41.8 Å². The lowest BCUT2D eigenvalue weighted by molar-refractivity contribution is 0.169. The predicted octanol–water partition coefficient (Wildman–Crippen LogP) is 2.53. The number of fused-ring (bicyclic) bond motifs is 1. The van der Waals surface area contributed by atoms with Crippen molar-refractivity contribution in [1.29, 1.82) is 0 Å². The standard InChI is InChI=1S/C15H19N3O/c1-16-15(13-9-5-6-10-19-13)14-11-7-3-4-8-12(11)18(2)17-14/h3-4,7-9,15-16H,5-6,10H2,1-2H3. The maximum atomic E-state index is 5.79. The summed E-state index contributed by atoms with van der Waals surface area (Å²) < 4.78 is 7.72. The van der Waals surface area contributed by atoms with Crippen molar-refractivity contribution in [2.24, 2.45) is 7.05 Å². The van der Waals surface area contributed by atoms with Crippen molar-refractivity contribution in [3.63, 3.8) is 0 Å². The Morgan fingerprint density at radius 3 is 2.95 bits per heavy atom. The molecule has 1 aliphatic rings. The molecule has 2 aromatic rings. The summed E-state index contributed by atoms with van der Waals surface area (Å²) in [6.45, 7) is 0.800. The van der Waals surface area contributed by atoms with E-state index in [1.54, 1.807) is 0 Å². The van der Waals surface area contributed by atoms with Gasteiger partial charge in [0.15, 0.2) is 0 Å². The fourth-order valence-electron chi connectivity index (χ4n) is 2.65. The summed E-state index contributed by atoms with van der Waals surface area (Å²) in [7, 11) is 3.93. The summed E-state index contributed by atoms with van der Waals surface area (Å²) in [6, 6.07) is 8.33. The second kappa shape index (κ2) is 5.05. The summed E-state index contributed by atoms with van der Waals surface area (Å²) in [4.78, 5) is 0. The van der Waals surface area contributed by atoms with Gasteiger partial charge in [-0.3, -0.25) is 4.68 Å². The Hall–Kier alpha value is -1.81. The lowest BCUT2D eigenvalue weighted by Gasteiger charge is -2.22. The highest BCUT2D eigenvalue weighted by atomic mass is 16.5. The fraction of sp³-hybridized carbons (Fsp3) is 0.400. The average molecular weight is 257 g/mol. The van der Waals surface area contributed by atoms with Gasteiger partial charge in [-0.25, -0.2) is 0 Å². The molecule has 0 fully saturated rings. The number of allylic oxidation sites excluding steroid dienone is 1. The molecule has 100 valence electrons. The normalized spacial score (nSPS) is 17.1. The van der Waals surface area contributed by atoms with E-state index in [2.05, 4.69) is 34.7 Å². The van der Waals surface area contributed by atoms with Crippen LogP contribution in [-0.4, -0.2) is 23.4 Å². The van der Waals surface area contributed by atoms with Crippen LogP contribution in [0, 0.1) is 0 Å². The lowest BCUT2D eigenvalue weighted by Crippen LogP contribution is -2.22. The third-order valence-electron chi connectivity index (χ3n) is 3.60. The molecular weight excluding hydrogens is 238 g/mol. The lowest BCUT2D eigenvalue weighted by atomic mass is 10.1. The highest BCUT2D eigenvalue weighted by Crippen LogP contribution is 2.30. The Morgan fingerprint density at radius 1 is 1.37 bits per heavy atom. The molecule has 1 unspecified atom stereocenters. The van der Waals surface area contributed by atoms with E-state index >= 15 is 0 Å². The minimum absolute atomic E-state index is 0.0337. The molecule has 0 spiro atoms. The average Bonchev–Trinajstić information content (AvgIpc) is 2.79. The van der Waals surface area contributed by atoms with Crippen molar-refractivity contribution in [2.45, 2.75) is 18.9 Å². The summed E-state index contributed by atoms with van der Waals surface area (Å²) in [5, 5.41) is 9.17. The van der Waals surface area contributed by atoms with E-state index in [9.17, 15) is 0 Å². The molecule has 0 radical (unpaired) electrons. The zero-order chi connectivity index (χ0) is 13.2. The van der Waals surface area contributed by atoms with Crippen molar-refractivity contribution >= 4 is 10.9 Å². The third kappa shape index (κ3) is 2.12. The fourth-order valence-corrected chi connectivity index (χ4v) is 2.65. The number of para-hydroxylation sites is 1. The van der Waals surface area contributed by atoms with Gasteiger partial charge in [-0.1, -0.05) is 18.2 Å². The Labute approximate surface area is 113 Å². The molecule has 4 nitrogen and oxygen atoms in total. The molecule has 0 saturated carbocycles. The first-order chi connectivity index (χ1) is 9.31. The Bertz CT molecular complexity index is 615. The van der Waals surface area contributed by atoms with Gasteiger partial charge >= 0.3 is 0 Å². The molecule has 0 bridgehead atoms. The van der Waals surface area contributed by atoms with E-state index in [1.165, 1.54) is 5.39 Å². The number of nitrogens with zero attached hydrogens (tertiary/aromatic N) is 2. The quantitative estimate of drug-likeness (QED) is 0.918. The molecule has 1 N–H and O–H groups in total. The van der Waals surface area contributed by atoms with Crippen LogP contribution in [0.3, 0.4) is 0 Å². The van der Waals surface area contributed by atoms with Gasteiger partial charge in [0.2, 0.25) is 0 Å². The van der Waals surface area contributed by atoms with Crippen LogP contribution in [0.5, 0.6) is 0 Å². The van der Waals surface area contributed by atoms with E-state index in [-0.39, 0.29) is 6.04 Å². The minimum Gasteiger partial charge on any atom is -0.496 e. The van der Waals surface area contributed by atoms with E-state index in [4.69, 9.17) is 4.74 Å². The van der Waals surface area contributed by atoms with Gasteiger partial charge in [0.25, 0.3) is 0 Å². The Morgan fingerprint density at radius 2 is 2.21 bits per heavy atom. The monoisotopic (exact) mass is 257 g/mol. The molecule has 0 aliphatic carbocycles. The van der Waals surface area contributed by atoms with Crippen LogP contribution in [-0.2, 0) is 11.8 Å². The number of benzene rings is 1. The van der Waals surface area contributed by atoms with Gasteiger partial charge in [0.05, 0.1) is 17.8 Å². The number of nitrogens with one attached hydrogen (secondary N) is 1. The molecule has 2 heterocycles. The smallest absolute Gasteiger partial charge is 0.115 e. The third-order valence-corrected chi connectivity index (χ3v) is 3.60. The first-order valence-electron chi connectivity index (χ1n) is 6.73. The van der Waals surface area contributed by atoms with E-state index in [0.29, 0.717) is 0 Å². The maximum absolute atomic E-state index is 5.79. The molecular formula is C15H19N3O. The van der Waals surface area contributed by atoms with Crippen molar-refractivity contribution in [3.8, 4) is 0 Å². The zero-order valence-corrected chi connectivity index (χ0v) is 11.4. The molecule has 0 amide bonds. The van der Waals surface area contributed by atoms with Crippen molar-refractivity contribution in [2.75, 3.05) is 13.7 Å². The van der Waals surface area contributed by atoms with Crippen LogP contribution in [0.4, 0.5) is 0 Å².